The molecule has 0 radical (unpaired) electrons. The van der Waals surface area contributed by atoms with E-state index in [2.05, 4.69) is 10.6 Å². The Kier molecular flexibility index (Phi) is 4.17. The number of hydrogen-bond donors (Lipinski definition) is 2. The highest BCUT2D eigenvalue weighted by Crippen LogP contribution is 2.25. The van der Waals surface area contributed by atoms with E-state index in [1.54, 1.807) is 0 Å². The number of benzene rings is 1. The third-order valence-corrected chi connectivity index (χ3v) is 4.11. The van der Waals surface area contributed by atoms with E-state index in [-0.39, 0.29) is 24.5 Å². The van der Waals surface area contributed by atoms with Crippen molar-refractivity contribution < 1.29 is 18.3 Å². The number of hydrogen-bond acceptors (Lipinski definition) is 3. The average molecular weight is 296 g/mol. The van der Waals surface area contributed by atoms with E-state index >= 15 is 0 Å². The summed E-state index contributed by atoms with van der Waals surface area (Å²) in [5, 5.41) is 6.06. The van der Waals surface area contributed by atoms with Gasteiger partial charge >= 0.3 is 0 Å². The van der Waals surface area contributed by atoms with E-state index in [4.69, 9.17) is 4.74 Å². The monoisotopic (exact) mass is 296 g/mol. The minimum Gasteiger partial charge on any atom is -0.377 e. The molecule has 2 fully saturated rings. The van der Waals surface area contributed by atoms with E-state index in [0.29, 0.717) is 24.6 Å². The summed E-state index contributed by atoms with van der Waals surface area (Å²) >= 11 is 0. The first-order valence-electron chi connectivity index (χ1n) is 7.19. The maximum Gasteiger partial charge on any atom is 0.224 e. The molecule has 2 aliphatic heterocycles. The number of nitrogens with one attached hydrogen (secondary N) is 2. The normalized spacial score (nSPS) is 28.2. The molecule has 3 rings (SSSR count). The maximum atomic E-state index is 13.1. The lowest BCUT2D eigenvalue weighted by atomic mass is 9.91. The van der Waals surface area contributed by atoms with Crippen molar-refractivity contribution in [2.75, 3.05) is 13.2 Å². The van der Waals surface area contributed by atoms with Gasteiger partial charge in [0.05, 0.1) is 12.0 Å². The first-order valence-corrected chi connectivity index (χ1v) is 7.19. The number of carbonyl (C=O) groups is 1. The van der Waals surface area contributed by atoms with Crippen LogP contribution in [0.2, 0.25) is 0 Å². The van der Waals surface area contributed by atoms with Crippen LogP contribution in [0.1, 0.15) is 18.4 Å². The second-order valence-corrected chi connectivity index (χ2v) is 5.64. The van der Waals surface area contributed by atoms with Crippen molar-refractivity contribution in [3.8, 4) is 0 Å². The molecular weight excluding hydrogens is 278 g/mol. The highest BCUT2D eigenvalue weighted by atomic mass is 19.1. The number of fused-ring (bicyclic) bond motifs is 1. The molecule has 2 N–H and O–H groups in total. The zero-order valence-corrected chi connectivity index (χ0v) is 11.6. The molecule has 0 spiro atoms. The van der Waals surface area contributed by atoms with E-state index in [9.17, 15) is 13.6 Å². The quantitative estimate of drug-likeness (QED) is 0.885. The number of halogens is 2. The van der Waals surface area contributed by atoms with Gasteiger partial charge in [0.2, 0.25) is 5.91 Å². The van der Waals surface area contributed by atoms with Crippen LogP contribution in [0.3, 0.4) is 0 Å². The fourth-order valence-corrected chi connectivity index (χ4v) is 3.02. The Morgan fingerprint density at radius 2 is 2.10 bits per heavy atom. The third-order valence-electron chi connectivity index (χ3n) is 4.11. The summed E-state index contributed by atoms with van der Waals surface area (Å²) in [4.78, 5) is 12.1. The Labute approximate surface area is 121 Å². The van der Waals surface area contributed by atoms with Gasteiger partial charge in [0.1, 0.15) is 11.6 Å². The Hall–Kier alpha value is -1.53. The van der Waals surface area contributed by atoms with Gasteiger partial charge in [-0.05, 0) is 30.5 Å². The van der Waals surface area contributed by atoms with Crippen molar-refractivity contribution in [1.82, 2.24) is 10.6 Å². The molecule has 114 valence electrons. The molecule has 0 unspecified atom stereocenters. The minimum atomic E-state index is -0.638. The fraction of sp³-hybridized carbons (Fsp3) is 0.533. The molecule has 2 saturated heterocycles. The molecule has 1 aromatic rings. The molecule has 6 heteroatoms. The van der Waals surface area contributed by atoms with Crippen LogP contribution in [-0.4, -0.2) is 31.2 Å². The highest BCUT2D eigenvalue weighted by molar-refractivity contribution is 5.79. The summed E-state index contributed by atoms with van der Waals surface area (Å²) in [5.74, 6) is -1.55. The molecule has 2 aliphatic rings. The van der Waals surface area contributed by atoms with E-state index in [1.807, 2.05) is 0 Å². The zero-order valence-electron chi connectivity index (χ0n) is 11.6. The summed E-state index contributed by atoms with van der Waals surface area (Å²) in [7, 11) is 0. The number of amides is 1. The standard InChI is InChI=1S/C15H18F2N2O2/c16-11-3-9(4-12(17)6-11)7-19-15(20)10-5-14-13(18-8-10)1-2-21-14/h3-4,6,10,13-14,18H,1-2,5,7-8H2,(H,19,20)/t10-,13+,14+/m0/s1. The highest BCUT2D eigenvalue weighted by Gasteiger charge is 2.37. The number of carbonyl (C=O) groups excluding carboxylic acids is 1. The van der Waals surface area contributed by atoms with Gasteiger partial charge in [-0.25, -0.2) is 8.78 Å². The number of piperidine rings is 1. The first-order chi connectivity index (χ1) is 10.1. The third kappa shape index (κ3) is 3.39. The molecule has 0 aliphatic carbocycles. The Balaban J connectivity index is 1.54. The molecule has 3 atom stereocenters. The lowest BCUT2D eigenvalue weighted by Crippen LogP contribution is -2.50. The lowest BCUT2D eigenvalue weighted by molar-refractivity contribution is -0.127. The van der Waals surface area contributed by atoms with Gasteiger partial charge in [0.25, 0.3) is 0 Å². The smallest absolute Gasteiger partial charge is 0.224 e. The fourth-order valence-electron chi connectivity index (χ4n) is 3.02. The van der Waals surface area contributed by atoms with Crippen LogP contribution in [0.15, 0.2) is 18.2 Å². The van der Waals surface area contributed by atoms with Crippen molar-refractivity contribution >= 4 is 5.91 Å². The first kappa shape index (κ1) is 14.4. The van der Waals surface area contributed by atoms with Gasteiger partial charge in [-0.1, -0.05) is 0 Å². The molecular formula is C15H18F2N2O2. The minimum absolute atomic E-state index is 0.0983. The van der Waals surface area contributed by atoms with Crippen LogP contribution in [0.5, 0.6) is 0 Å². The molecule has 1 aromatic carbocycles. The Morgan fingerprint density at radius 3 is 2.86 bits per heavy atom. The molecule has 4 nitrogen and oxygen atoms in total. The predicted molar refractivity (Wildman–Crippen MR) is 72.5 cm³/mol. The predicted octanol–water partition coefficient (Wildman–Crippen LogP) is 1.35. The van der Waals surface area contributed by atoms with Crippen LogP contribution in [0, 0.1) is 17.6 Å². The summed E-state index contributed by atoms with van der Waals surface area (Å²) in [6.45, 7) is 1.48. The van der Waals surface area contributed by atoms with Crippen LogP contribution >= 0.6 is 0 Å². The molecule has 21 heavy (non-hydrogen) atoms. The summed E-state index contributed by atoms with van der Waals surface area (Å²) < 4.78 is 31.7. The van der Waals surface area contributed by atoms with Crippen molar-refractivity contribution in [3.63, 3.8) is 0 Å². The lowest BCUT2D eigenvalue weighted by Gasteiger charge is -2.31. The number of ether oxygens (including phenoxy) is 1. The van der Waals surface area contributed by atoms with Gasteiger partial charge in [0, 0.05) is 31.8 Å². The summed E-state index contributed by atoms with van der Waals surface area (Å²) in [6.07, 6.45) is 1.78. The summed E-state index contributed by atoms with van der Waals surface area (Å²) in [5.41, 5.74) is 0.416. The van der Waals surface area contributed by atoms with Crippen molar-refractivity contribution in [3.05, 3.63) is 35.4 Å². The molecule has 2 heterocycles. The zero-order chi connectivity index (χ0) is 14.8. The number of rotatable bonds is 3. The van der Waals surface area contributed by atoms with E-state index in [0.717, 1.165) is 19.1 Å². The Morgan fingerprint density at radius 1 is 1.33 bits per heavy atom. The van der Waals surface area contributed by atoms with Gasteiger partial charge in [-0.15, -0.1) is 0 Å². The van der Waals surface area contributed by atoms with Gasteiger partial charge in [-0.2, -0.15) is 0 Å². The van der Waals surface area contributed by atoms with Gasteiger partial charge in [-0.3, -0.25) is 4.79 Å². The topological polar surface area (TPSA) is 50.4 Å². The van der Waals surface area contributed by atoms with Crippen LogP contribution in [-0.2, 0) is 16.1 Å². The van der Waals surface area contributed by atoms with Crippen LogP contribution in [0.25, 0.3) is 0 Å². The SMILES string of the molecule is O=C(NCc1cc(F)cc(F)c1)[C@@H]1CN[C@@H]2CCO[C@@H]2C1. The largest absolute Gasteiger partial charge is 0.377 e. The van der Waals surface area contributed by atoms with Gasteiger partial charge < -0.3 is 15.4 Å². The Bertz CT molecular complexity index is 518. The van der Waals surface area contributed by atoms with Crippen molar-refractivity contribution in [1.29, 1.82) is 0 Å². The second-order valence-electron chi connectivity index (χ2n) is 5.64. The van der Waals surface area contributed by atoms with Crippen molar-refractivity contribution in [2.24, 2.45) is 5.92 Å². The maximum absolute atomic E-state index is 13.1. The van der Waals surface area contributed by atoms with Crippen molar-refractivity contribution in [2.45, 2.75) is 31.5 Å². The van der Waals surface area contributed by atoms with E-state index in [1.165, 1.54) is 12.1 Å². The van der Waals surface area contributed by atoms with E-state index < -0.39 is 11.6 Å². The molecule has 0 saturated carbocycles. The average Bonchev–Trinajstić information content (AvgIpc) is 2.91. The molecule has 0 bridgehead atoms. The van der Waals surface area contributed by atoms with Gasteiger partial charge in [0.15, 0.2) is 0 Å². The molecule has 0 aromatic heterocycles. The van der Waals surface area contributed by atoms with Crippen LogP contribution < -0.4 is 10.6 Å². The second kappa shape index (κ2) is 6.07. The summed E-state index contributed by atoms with van der Waals surface area (Å²) in [6, 6.07) is 3.61. The molecule has 1 amide bonds. The van der Waals surface area contributed by atoms with Crippen LogP contribution in [0.4, 0.5) is 8.78 Å².